The Bertz CT molecular complexity index is 1010. The Morgan fingerprint density at radius 2 is 2.18 bits per heavy atom. The van der Waals surface area contributed by atoms with E-state index in [1.807, 2.05) is 16.7 Å². The van der Waals surface area contributed by atoms with Gasteiger partial charge >= 0.3 is 0 Å². The Balaban J connectivity index is 1.56. The van der Waals surface area contributed by atoms with Crippen LogP contribution in [0.15, 0.2) is 35.1 Å². The number of hydrogen-bond donors (Lipinski definition) is 2. The van der Waals surface area contributed by atoms with Crippen LogP contribution in [0.4, 0.5) is 5.82 Å². The van der Waals surface area contributed by atoms with Gasteiger partial charge in [0.2, 0.25) is 0 Å². The molecular formula is C19H20N6O3. The first-order valence-electron chi connectivity index (χ1n) is 9.13. The van der Waals surface area contributed by atoms with E-state index in [4.69, 9.17) is 4.52 Å². The van der Waals surface area contributed by atoms with Crippen LogP contribution in [0.25, 0.3) is 0 Å². The van der Waals surface area contributed by atoms with E-state index in [-0.39, 0.29) is 17.4 Å². The smallest absolute Gasteiger partial charge is 0.287 e. The van der Waals surface area contributed by atoms with Gasteiger partial charge in [-0.05, 0) is 37.8 Å². The third kappa shape index (κ3) is 3.64. The standard InChI is InChI=1S/C19H20N6O3/c1-12-9-15(24-28-12)22-18(26)16-14-6-2-3-8-25(14)17(23-16)19(27)21-11-13-5-4-7-20-10-13/h4-5,7,9-10H,2-3,6,8,11H2,1H3,(H,21,27)(H,22,24,26). The largest absolute Gasteiger partial charge is 0.360 e. The molecule has 0 bridgehead atoms. The highest BCUT2D eigenvalue weighted by atomic mass is 16.5. The van der Waals surface area contributed by atoms with Crippen molar-refractivity contribution in [2.75, 3.05) is 5.32 Å². The van der Waals surface area contributed by atoms with Gasteiger partial charge in [0, 0.05) is 31.5 Å². The molecule has 0 aromatic carbocycles. The monoisotopic (exact) mass is 380 g/mol. The van der Waals surface area contributed by atoms with E-state index in [9.17, 15) is 9.59 Å². The van der Waals surface area contributed by atoms with Crippen molar-refractivity contribution in [1.82, 2.24) is 25.0 Å². The fourth-order valence-electron chi connectivity index (χ4n) is 3.26. The average molecular weight is 380 g/mol. The van der Waals surface area contributed by atoms with Gasteiger partial charge in [0.25, 0.3) is 11.8 Å². The Kier molecular flexibility index (Phi) is 4.88. The predicted molar refractivity (Wildman–Crippen MR) is 99.8 cm³/mol. The second-order valence-electron chi connectivity index (χ2n) is 6.66. The van der Waals surface area contributed by atoms with E-state index in [0.29, 0.717) is 31.1 Å². The SMILES string of the molecule is Cc1cc(NC(=O)c2nc(C(=O)NCc3cccnc3)n3c2CCCC3)no1. The molecule has 144 valence electrons. The van der Waals surface area contributed by atoms with Gasteiger partial charge in [-0.3, -0.25) is 14.6 Å². The van der Waals surface area contributed by atoms with Crippen molar-refractivity contribution >= 4 is 17.6 Å². The number of aromatic nitrogens is 4. The number of carbonyl (C=O) groups excluding carboxylic acids is 2. The number of imidazole rings is 1. The summed E-state index contributed by atoms with van der Waals surface area (Å²) in [6.45, 7) is 2.74. The van der Waals surface area contributed by atoms with Gasteiger partial charge in [-0.1, -0.05) is 11.2 Å². The van der Waals surface area contributed by atoms with E-state index in [2.05, 4.69) is 25.8 Å². The molecule has 0 spiro atoms. The van der Waals surface area contributed by atoms with Gasteiger partial charge in [-0.2, -0.15) is 0 Å². The first-order chi connectivity index (χ1) is 13.6. The summed E-state index contributed by atoms with van der Waals surface area (Å²) in [5.74, 6) is 0.453. The summed E-state index contributed by atoms with van der Waals surface area (Å²) in [7, 11) is 0. The predicted octanol–water partition coefficient (Wildman–Crippen LogP) is 2.09. The fraction of sp³-hybridized carbons (Fsp3) is 0.316. The number of carbonyl (C=O) groups is 2. The third-order valence-corrected chi connectivity index (χ3v) is 4.58. The molecule has 0 unspecified atom stereocenters. The minimum Gasteiger partial charge on any atom is -0.360 e. The minimum atomic E-state index is -0.398. The summed E-state index contributed by atoms with van der Waals surface area (Å²) in [4.78, 5) is 33.8. The zero-order chi connectivity index (χ0) is 19.5. The van der Waals surface area contributed by atoms with Crippen LogP contribution in [-0.2, 0) is 19.5 Å². The van der Waals surface area contributed by atoms with Crippen molar-refractivity contribution in [3.63, 3.8) is 0 Å². The molecule has 9 heteroatoms. The first-order valence-corrected chi connectivity index (χ1v) is 9.13. The normalized spacial score (nSPS) is 13.0. The quantitative estimate of drug-likeness (QED) is 0.700. The van der Waals surface area contributed by atoms with Crippen LogP contribution in [-0.4, -0.2) is 31.5 Å². The fourth-order valence-corrected chi connectivity index (χ4v) is 3.26. The number of nitrogens with one attached hydrogen (secondary N) is 2. The summed E-state index contributed by atoms with van der Waals surface area (Å²) in [6.07, 6.45) is 5.96. The third-order valence-electron chi connectivity index (χ3n) is 4.58. The highest BCUT2D eigenvalue weighted by Gasteiger charge is 2.27. The second-order valence-corrected chi connectivity index (χ2v) is 6.66. The number of aryl methyl sites for hydroxylation is 1. The highest BCUT2D eigenvalue weighted by molar-refractivity contribution is 6.04. The molecular weight excluding hydrogens is 360 g/mol. The van der Waals surface area contributed by atoms with Crippen molar-refractivity contribution in [3.8, 4) is 0 Å². The Labute approximate surface area is 161 Å². The van der Waals surface area contributed by atoms with Crippen molar-refractivity contribution < 1.29 is 14.1 Å². The molecule has 0 saturated heterocycles. The lowest BCUT2D eigenvalue weighted by molar-refractivity contribution is 0.0935. The zero-order valence-corrected chi connectivity index (χ0v) is 15.4. The Hall–Kier alpha value is -3.49. The van der Waals surface area contributed by atoms with Crippen LogP contribution in [0, 0.1) is 6.92 Å². The summed E-state index contributed by atoms with van der Waals surface area (Å²) >= 11 is 0. The highest BCUT2D eigenvalue weighted by Crippen LogP contribution is 2.22. The Morgan fingerprint density at radius 1 is 1.29 bits per heavy atom. The Morgan fingerprint density at radius 3 is 2.93 bits per heavy atom. The average Bonchev–Trinajstić information content (AvgIpc) is 3.30. The summed E-state index contributed by atoms with van der Waals surface area (Å²) in [5, 5.41) is 9.30. The lowest BCUT2D eigenvalue weighted by atomic mass is 10.1. The topological polar surface area (TPSA) is 115 Å². The van der Waals surface area contributed by atoms with E-state index in [1.54, 1.807) is 25.4 Å². The number of nitrogens with zero attached hydrogens (tertiary/aromatic N) is 4. The second kappa shape index (κ2) is 7.63. The molecule has 1 aliphatic heterocycles. The molecule has 3 aromatic rings. The molecule has 0 radical (unpaired) electrons. The van der Waals surface area contributed by atoms with Gasteiger partial charge in [0.05, 0.1) is 5.69 Å². The molecule has 0 atom stereocenters. The van der Waals surface area contributed by atoms with E-state index >= 15 is 0 Å². The molecule has 4 heterocycles. The van der Waals surface area contributed by atoms with Crippen LogP contribution in [0.3, 0.4) is 0 Å². The van der Waals surface area contributed by atoms with Crippen LogP contribution >= 0.6 is 0 Å². The molecule has 4 rings (SSSR count). The number of amides is 2. The van der Waals surface area contributed by atoms with Gasteiger partial charge in [-0.15, -0.1) is 0 Å². The van der Waals surface area contributed by atoms with E-state index in [1.165, 1.54) is 0 Å². The first kappa shape index (κ1) is 17.9. The van der Waals surface area contributed by atoms with Crippen molar-refractivity contribution in [1.29, 1.82) is 0 Å². The van der Waals surface area contributed by atoms with Crippen molar-refractivity contribution in [2.45, 2.75) is 39.3 Å². The van der Waals surface area contributed by atoms with E-state index < -0.39 is 5.91 Å². The number of anilines is 1. The van der Waals surface area contributed by atoms with Crippen LogP contribution in [0.1, 0.15) is 51.0 Å². The number of pyridine rings is 1. The summed E-state index contributed by atoms with van der Waals surface area (Å²) in [5.41, 5.74) is 1.92. The molecule has 0 aliphatic carbocycles. The maximum absolute atomic E-state index is 12.7. The number of rotatable bonds is 5. The summed E-state index contributed by atoms with van der Waals surface area (Å²) < 4.78 is 6.81. The van der Waals surface area contributed by atoms with Gasteiger partial charge in [0.15, 0.2) is 17.3 Å². The maximum Gasteiger partial charge on any atom is 0.287 e. The molecule has 9 nitrogen and oxygen atoms in total. The van der Waals surface area contributed by atoms with Crippen LogP contribution in [0.2, 0.25) is 0 Å². The maximum atomic E-state index is 12.7. The van der Waals surface area contributed by atoms with E-state index in [0.717, 1.165) is 24.1 Å². The number of fused-ring (bicyclic) bond motifs is 1. The van der Waals surface area contributed by atoms with Gasteiger partial charge in [0.1, 0.15) is 5.76 Å². The molecule has 0 fully saturated rings. The summed E-state index contributed by atoms with van der Waals surface area (Å²) in [6, 6.07) is 5.32. The lowest BCUT2D eigenvalue weighted by Crippen LogP contribution is -2.27. The molecule has 2 amide bonds. The van der Waals surface area contributed by atoms with Crippen molar-refractivity contribution in [2.24, 2.45) is 0 Å². The zero-order valence-electron chi connectivity index (χ0n) is 15.4. The van der Waals surface area contributed by atoms with Gasteiger partial charge in [-0.25, -0.2) is 4.98 Å². The number of hydrogen-bond acceptors (Lipinski definition) is 6. The van der Waals surface area contributed by atoms with Gasteiger partial charge < -0.3 is 19.7 Å². The molecule has 1 aliphatic rings. The molecule has 3 aromatic heterocycles. The van der Waals surface area contributed by atoms with Crippen LogP contribution in [0.5, 0.6) is 0 Å². The van der Waals surface area contributed by atoms with Crippen molar-refractivity contribution in [3.05, 3.63) is 59.1 Å². The molecule has 2 N–H and O–H groups in total. The molecule has 0 saturated carbocycles. The minimum absolute atomic E-state index is 0.250. The van der Waals surface area contributed by atoms with Crippen LogP contribution < -0.4 is 10.6 Å². The lowest BCUT2D eigenvalue weighted by Gasteiger charge is -2.17. The molecule has 28 heavy (non-hydrogen) atoms.